The summed E-state index contributed by atoms with van der Waals surface area (Å²) in [5.74, 6) is -1.27. The zero-order chi connectivity index (χ0) is 17.9. The van der Waals surface area contributed by atoms with Crippen LogP contribution in [0.3, 0.4) is 0 Å². The van der Waals surface area contributed by atoms with Gasteiger partial charge in [0.05, 0.1) is 0 Å². The number of aliphatic carboxylic acids is 2. The lowest BCUT2D eigenvalue weighted by atomic mass is 10.1. The van der Waals surface area contributed by atoms with Gasteiger partial charge in [-0.3, -0.25) is 9.59 Å². The first-order valence-electron chi connectivity index (χ1n) is 7.33. The fourth-order valence-corrected chi connectivity index (χ4v) is 1.69. The van der Waals surface area contributed by atoms with Crippen molar-refractivity contribution >= 4 is 17.8 Å². The number of benzene rings is 1. The molecule has 0 amide bonds. The molecule has 1 aromatic heterocycles. The van der Waals surface area contributed by atoms with Crippen LogP contribution in [0.15, 0.2) is 54.7 Å². The quantitative estimate of drug-likeness (QED) is 0.633. The molecule has 24 heavy (non-hydrogen) atoms. The number of anilines is 1. The summed E-state index contributed by atoms with van der Waals surface area (Å²) in [6.07, 6.45) is 1.99. The van der Waals surface area contributed by atoms with Gasteiger partial charge in [0.1, 0.15) is 17.9 Å². The van der Waals surface area contributed by atoms with Gasteiger partial charge in [0, 0.05) is 6.20 Å². The van der Waals surface area contributed by atoms with Crippen LogP contribution in [0.25, 0.3) is 0 Å². The lowest BCUT2D eigenvalue weighted by Gasteiger charge is -2.08. The molecule has 0 saturated carbocycles. The normalized spacial score (nSPS) is 12.2. The predicted octanol–water partition coefficient (Wildman–Crippen LogP) is 1.61. The maximum atomic E-state index is 10.4. The molecule has 2 rings (SSSR count). The smallest absolute Gasteiger partial charge is 0.325 e. The third kappa shape index (κ3) is 7.37. The first-order chi connectivity index (χ1) is 11.4. The maximum absolute atomic E-state index is 10.4. The zero-order valence-electron chi connectivity index (χ0n) is 13.3. The number of pyridine rings is 1. The van der Waals surface area contributed by atoms with Crippen LogP contribution in [0.1, 0.15) is 12.5 Å². The number of rotatable bonds is 6. The van der Waals surface area contributed by atoms with E-state index in [0.717, 1.165) is 5.56 Å². The number of nitrogens with two attached hydrogens (primary N) is 1. The molecule has 0 bridgehead atoms. The summed E-state index contributed by atoms with van der Waals surface area (Å²) in [5, 5.41) is 19.8. The van der Waals surface area contributed by atoms with Gasteiger partial charge in [-0.05, 0) is 31.0 Å². The van der Waals surface area contributed by atoms with E-state index in [1.807, 2.05) is 30.3 Å². The predicted molar refractivity (Wildman–Crippen MR) is 90.7 cm³/mol. The minimum Gasteiger partial charge on any atom is -0.480 e. The summed E-state index contributed by atoms with van der Waals surface area (Å²) < 4.78 is 0. The summed E-state index contributed by atoms with van der Waals surface area (Å²) in [6, 6.07) is 13.2. The minimum atomic E-state index is -0.959. The summed E-state index contributed by atoms with van der Waals surface area (Å²) in [5.41, 5.74) is 6.30. The first-order valence-corrected chi connectivity index (χ1v) is 7.33. The molecule has 0 unspecified atom stereocenters. The Morgan fingerprint density at radius 1 is 1.08 bits per heavy atom. The number of nitrogens with one attached hydrogen (secondary N) is 1. The standard InChI is InChI=1S/C9H11NO2.C8H10N2O2/c10-8(9(11)12)6-7-4-2-1-3-5-7;1-6(8(11)12)10-7-4-2-3-5-9-7/h1-5,8H,6,10H2,(H,11,12);2-6H,1H3,(H,9,10)(H,11,12)/t8-;6-/m00/s1. The Balaban J connectivity index is 0.000000240. The van der Waals surface area contributed by atoms with E-state index in [9.17, 15) is 9.59 Å². The number of carboxylic acid groups (broad SMARTS) is 2. The van der Waals surface area contributed by atoms with Crippen LogP contribution >= 0.6 is 0 Å². The highest BCUT2D eigenvalue weighted by Gasteiger charge is 2.11. The molecule has 0 aliphatic rings. The maximum Gasteiger partial charge on any atom is 0.325 e. The molecule has 1 heterocycles. The van der Waals surface area contributed by atoms with Gasteiger partial charge in [0.25, 0.3) is 0 Å². The van der Waals surface area contributed by atoms with Gasteiger partial charge in [0.2, 0.25) is 0 Å². The molecule has 7 heteroatoms. The fourth-order valence-electron chi connectivity index (χ4n) is 1.69. The van der Waals surface area contributed by atoms with Gasteiger partial charge in [-0.1, -0.05) is 36.4 Å². The zero-order valence-corrected chi connectivity index (χ0v) is 13.3. The molecule has 5 N–H and O–H groups in total. The second-order valence-electron chi connectivity index (χ2n) is 5.05. The van der Waals surface area contributed by atoms with Crippen LogP contribution in [-0.2, 0) is 16.0 Å². The van der Waals surface area contributed by atoms with E-state index in [2.05, 4.69) is 10.3 Å². The van der Waals surface area contributed by atoms with E-state index in [0.29, 0.717) is 12.2 Å². The Morgan fingerprint density at radius 2 is 1.71 bits per heavy atom. The topological polar surface area (TPSA) is 126 Å². The Kier molecular flexibility index (Phi) is 7.93. The number of carbonyl (C=O) groups is 2. The number of carboxylic acids is 2. The largest absolute Gasteiger partial charge is 0.480 e. The molecule has 2 aromatic rings. The minimum absolute atomic E-state index is 0.385. The van der Waals surface area contributed by atoms with Crippen LogP contribution in [0.5, 0.6) is 0 Å². The van der Waals surface area contributed by atoms with Crippen LogP contribution in [-0.4, -0.2) is 39.2 Å². The molecule has 0 spiro atoms. The molecule has 0 fully saturated rings. The summed E-state index contributed by atoms with van der Waals surface area (Å²) >= 11 is 0. The van der Waals surface area contributed by atoms with Gasteiger partial charge in [-0.15, -0.1) is 0 Å². The van der Waals surface area contributed by atoms with Crippen molar-refractivity contribution in [2.45, 2.75) is 25.4 Å². The average Bonchev–Trinajstić information content (AvgIpc) is 2.57. The van der Waals surface area contributed by atoms with E-state index in [1.54, 1.807) is 31.3 Å². The Hall–Kier alpha value is -2.93. The van der Waals surface area contributed by atoms with Gasteiger partial charge in [-0.25, -0.2) is 4.98 Å². The van der Waals surface area contributed by atoms with Gasteiger partial charge < -0.3 is 21.3 Å². The van der Waals surface area contributed by atoms with Crippen molar-refractivity contribution in [1.82, 2.24) is 4.98 Å². The Morgan fingerprint density at radius 3 is 2.21 bits per heavy atom. The highest BCUT2D eigenvalue weighted by molar-refractivity contribution is 5.76. The molecule has 1 aromatic carbocycles. The first kappa shape index (κ1) is 19.1. The van der Waals surface area contributed by atoms with Crippen molar-refractivity contribution in [3.05, 3.63) is 60.3 Å². The molecule has 7 nitrogen and oxygen atoms in total. The number of hydrogen-bond acceptors (Lipinski definition) is 5. The van der Waals surface area contributed by atoms with Crippen molar-refractivity contribution < 1.29 is 19.8 Å². The number of hydrogen-bond donors (Lipinski definition) is 4. The third-order valence-electron chi connectivity index (χ3n) is 3.02. The number of aromatic nitrogens is 1. The van der Waals surface area contributed by atoms with Gasteiger partial charge in [0.15, 0.2) is 0 Å². The lowest BCUT2D eigenvalue weighted by molar-refractivity contribution is -0.139. The molecule has 0 radical (unpaired) electrons. The second-order valence-corrected chi connectivity index (χ2v) is 5.05. The van der Waals surface area contributed by atoms with E-state index in [-0.39, 0.29) is 0 Å². The molecular weight excluding hydrogens is 310 g/mol. The lowest BCUT2D eigenvalue weighted by Crippen LogP contribution is -2.32. The Bertz CT molecular complexity index is 577. The van der Waals surface area contributed by atoms with Crippen molar-refractivity contribution in [2.75, 3.05) is 5.32 Å². The van der Waals surface area contributed by atoms with Crippen molar-refractivity contribution in [2.24, 2.45) is 5.73 Å². The molecule has 0 aliphatic carbocycles. The van der Waals surface area contributed by atoms with Crippen molar-refractivity contribution in [1.29, 1.82) is 0 Å². The average molecular weight is 331 g/mol. The van der Waals surface area contributed by atoms with Gasteiger partial charge in [-0.2, -0.15) is 0 Å². The van der Waals surface area contributed by atoms with Crippen molar-refractivity contribution in [3.8, 4) is 0 Å². The van der Waals surface area contributed by atoms with E-state index in [1.165, 1.54) is 0 Å². The second kappa shape index (κ2) is 9.96. The van der Waals surface area contributed by atoms with E-state index >= 15 is 0 Å². The molecular formula is C17H21N3O4. The van der Waals surface area contributed by atoms with Crippen LogP contribution < -0.4 is 11.1 Å². The molecule has 128 valence electrons. The van der Waals surface area contributed by atoms with Gasteiger partial charge >= 0.3 is 11.9 Å². The Labute approximate surface area is 140 Å². The summed E-state index contributed by atoms with van der Waals surface area (Å²) in [7, 11) is 0. The van der Waals surface area contributed by atoms with Crippen LogP contribution in [0.4, 0.5) is 5.82 Å². The summed E-state index contributed by atoms with van der Waals surface area (Å²) in [4.78, 5) is 24.7. The highest BCUT2D eigenvalue weighted by atomic mass is 16.4. The molecule has 2 atom stereocenters. The SMILES string of the molecule is C[C@H](Nc1ccccn1)C(=O)O.N[C@@H](Cc1ccccc1)C(=O)O. The van der Waals surface area contributed by atoms with Crippen LogP contribution in [0.2, 0.25) is 0 Å². The third-order valence-corrected chi connectivity index (χ3v) is 3.02. The fraction of sp³-hybridized carbons (Fsp3) is 0.235. The van der Waals surface area contributed by atoms with Crippen molar-refractivity contribution in [3.63, 3.8) is 0 Å². The number of nitrogens with zero attached hydrogens (tertiary/aromatic N) is 1. The summed E-state index contributed by atoms with van der Waals surface area (Å²) in [6.45, 7) is 1.57. The molecule has 0 aliphatic heterocycles. The molecule has 0 saturated heterocycles. The van der Waals surface area contributed by atoms with Crippen LogP contribution in [0, 0.1) is 0 Å². The van der Waals surface area contributed by atoms with E-state index < -0.39 is 24.0 Å². The van der Waals surface area contributed by atoms with E-state index in [4.69, 9.17) is 15.9 Å². The monoisotopic (exact) mass is 331 g/mol. The highest BCUT2D eigenvalue weighted by Crippen LogP contribution is 2.02.